The maximum atomic E-state index is 14.1. The molecule has 0 bridgehead atoms. The van der Waals surface area contributed by atoms with Gasteiger partial charge in [0.05, 0.1) is 0 Å². The molecule has 1 atom stereocenters. The van der Waals surface area contributed by atoms with Crippen molar-refractivity contribution in [3.63, 3.8) is 0 Å². The van der Waals surface area contributed by atoms with Gasteiger partial charge in [0.2, 0.25) is 5.82 Å². The van der Waals surface area contributed by atoms with Crippen LogP contribution in [0, 0.1) is 5.82 Å². The van der Waals surface area contributed by atoms with E-state index in [0.717, 1.165) is 0 Å². The Morgan fingerprint density at radius 3 is 2.77 bits per heavy atom. The van der Waals surface area contributed by atoms with E-state index >= 15 is 0 Å². The summed E-state index contributed by atoms with van der Waals surface area (Å²) in [4.78, 5) is 24.1. The molecule has 1 aromatic heterocycles. The Hall–Kier alpha value is -2.37. The van der Waals surface area contributed by atoms with E-state index in [4.69, 9.17) is 9.15 Å². The summed E-state index contributed by atoms with van der Waals surface area (Å²) < 4.78 is 24.9. The predicted molar refractivity (Wildman–Crippen MR) is 80.4 cm³/mol. The fourth-order valence-corrected chi connectivity index (χ4v) is 2.91. The lowest BCUT2D eigenvalue weighted by Gasteiger charge is -2.24. The largest absolute Gasteiger partial charge is 0.489 e. The van der Waals surface area contributed by atoms with Crippen LogP contribution in [0.5, 0.6) is 5.75 Å². The molecule has 0 amide bonds. The highest BCUT2D eigenvalue weighted by molar-refractivity contribution is 6.12. The highest BCUT2D eigenvalue weighted by Crippen LogP contribution is 2.39. The van der Waals surface area contributed by atoms with Crippen molar-refractivity contribution in [2.45, 2.75) is 32.8 Å². The van der Waals surface area contributed by atoms with Crippen LogP contribution in [0.3, 0.4) is 0 Å². The maximum Gasteiger partial charge on any atom is 0.372 e. The van der Waals surface area contributed by atoms with Gasteiger partial charge in [-0.15, -0.1) is 0 Å². The van der Waals surface area contributed by atoms with Crippen molar-refractivity contribution in [1.82, 2.24) is 0 Å². The Labute approximate surface area is 126 Å². The summed E-state index contributed by atoms with van der Waals surface area (Å²) in [5.74, 6) is -0.723. The van der Waals surface area contributed by atoms with Gasteiger partial charge in [0, 0.05) is 36.2 Å². The van der Waals surface area contributed by atoms with Crippen LogP contribution in [0.15, 0.2) is 15.3 Å². The number of hydrogen-bond acceptors (Lipinski definition) is 5. The molecule has 0 saturated heterocycles. The molecule has 116 valence electrons. The Morgan fingerprint density at radius 1 is 1.41 bits per heavy atom. The van der Waals surface area contributed by atoms with Crippen molar-refractivity contribution in [3.05, 3.63) is 33.4 Å². The van der Waals surface area contributed by atoms with E-state index in [1.165, 1.54) is 0 Å². The van der Waals surface area contributed by atoms with E-state index < -0.39 is 11.4 Å². The number of benzene rings is 1. The monoisotopic (exact) mass is 305 g/mol. The second-order valence-electron chi connectivity index (χ2n) is 5.34. The number of anilines is 1. The molecule has 0 fully saturated rings. The van der Waals surface area contributed by atoms with Crippen LogP contribution in [-0.2, 0) is 6.42 Å². The van der Waals surface area contributed by atoms with Crippen molar-refractivity contribution in [1.29, 1.82) is 0 Å². The Balaban J connectivity index is 2.51. The third-order valence-electron chi connectivity index (χ3n) is 3.89. The molecule has 2 aromatic rings. The Bertz CT molecular complexity index is 840. The van der Waals surface area contributed by atoms with Gasteiger partial charge in [0.15, 0.2) is 11.4 Å². The zero-order valence-corrected chi connectivity index (χ0v) is 12.6. The number of halogens is 1. The highest BCUT2D eigenvalue weighted by atomic mass is 19.1. The molecule has 1 N–H and O–H groups in total. The second kappa shape index (κ2) is 5.12. The predicted octanol–water partition coefficient (Wildman–Crippen LogP) is 2.89. The van der Waals surface area contributed by atoms with Gasteiger partial charge in [-0.1, -0.05) is 6.92 Å². The van der Waals surface area contributed by atoms with E-state index in [2.05, 4.69) is 5.32 Å². The van der Waals surface area contributed by atoms with E-state index in [0.29, 0.717) is 23.2 Å². The molecule has 6 heteroatoms. The molecular weight excluding hydrogens is 289 g/mol. The molecule has 0 saturated carbocycles. The van der Waals surface area contributed by atoms with Crippen LogP contribution in [0.2, 0.25) is 0 Å². The summed E-state index contributed by atoms with van der Waals surface area (Å²) in [6.45, 7) is 3.54. The number of fused-ring (bicyclic) bond motifs is 3. The molecular formula is C16H16FNO4. The summed E-state index contributed by atoms with van der Waals surface area (Å²) in [7, 11) is 1.68. The number of rotatable bonds is 2. The van der Waals surface area contributed by atoms with E-state index in [1.54, 1.807) is 27.0 Å². The van der Waals surface area contributed by atoms with Crippen LogP contribution in [-0.4, -0.2) is 18.9 Å². The lowest BCUT2D eigenvalue weighted by Crippen LogP contribution is -2.25. The van der Waals surface area contributed by atoms with Crippen LogP contribution >= 0.6 is 0 Å². The molecule has 1 aromatic carbocycles. The molecule has 2 heterocycles. The average Bonchev–Trinajstić information content (AvgIpc) is 2.47. The number of hydrogen-bond donors (Lipinski definition) is 1. The Morgan fingerprint density at radius 2 is 2.14 bits per heavy atom. The van der Waals surface area contributed by atoms with Crippen molar-refractivity contribution < 1.29 is 18.3 Å². The molecule has 1 aliphatic heterocycles. The zero-order valence-electron chi connectivity index (χ0n) is 12.6. The first-order valence-corrected chi connectivity index (χ1v) is 7.17. The SMILES string of the molecule is CCc1c(F)c(=O)oc2c3c(cc(NC)c12)OC(C)CC3=O. The first-order valence-electron chi connectivity index (χ1n) is 7.17. The van der Waals surface area contributed by atoms with Gasteiger partial charge in [-0.05, 0) is 13.3 Å². The summed E-state index contributed by atoms with van der Waals surface area (Å²) in [6, 6.07) is 1.66. The lowest BCUT2D eigenvalue weighted by molar-refractivity contribution is 0.0872. The van der Waals surface area contributed by atoms with Gasteiger partial charge < -0.3 is 14.5 Å². The third kappa shape index (κ3) is 1.98. The minimum Gasteiger partial charge on any atom is -0.489 e. The molecule has 5 nitrogen and oxygen atoms in total. The molecule has 22 heavy (non-hydrogen) atoms. The molecule has 3 rings (SSSR count). The normalized spacial score (nSPS) is 17.3. The van der Waals surface area contributed by atoms with E-state index in [9.17, 15) is 14.0 Å². The van der Waals surface area contributed by atoms with Crippen LogP contribution in [0.25, 0.3) is 11.0 Å². The smallest absolute Gasteiger partial charge is 0.372 e. The fraction of sp³-hybridized carbons (Fsp3) is 0.375. The maximum absolute atomic E-state index is 14.1. The third-order valence-corrected chi connectivity index (χ3v) is 3.89. The molecule has 1 unspecified atom stereocenters. The topological polar surface area (TPSA) is 68.5 Å². The van der Waals surface area contributed by atoms with Gasteiger partial charge in [-0.2, -0.15) is 4.39 Å². The van der Waals surface area contributed by atoms with Crippen LogP contribution in [0.4, 0.5) is 10.1 Å². The minimum atomic E-state index is -1.06. The molecule has 0 radical (unpaired) electrons. The average molecular weight is 305 g/mol. The van der Waals surface area contributed by atoms with E-state index in [-0.39, 0.29) is 35.0 Å². The quantitative estimate of drug-likeness (QED) is 0.864. The number of carbonyl (C=O) groups excluding carboxylic acids is 1. The van der Waals surface area contributed by atoms with Gasteiger partial charge >= 0.3 is 5.63 Å². The van der Waals surface area contributed by atoms with E-state index in [1.807, 2.05) is 0 Å². The van der Waals surface area contributed by atoms with Crippen LogP contribution in [0.1, 0.15) is 36.2 Å². The fourth-order valence-electron chi connectivity index (χ4n) is 2.91. The number of carbonyl (C=O) groups is 1. The van der Waals surface area contributed by atoms with Gasteiger partial charge in [0.1, 0.15) is 17.4 Å². The summed E-state index contributed by atoms with van der Waals surface area (Å²) in [5, 5.41) is 3.37. The highest BCUT2D eigenvalue weighted by Gasteiger charge is 2.30. The summed E-state index contributed by atoms with van der Waals surface area (Å²) >= 11 is 0. The lowest BCUT2D eigenvalue weighted by atomic mass is 9.95. The standard InChI is InChI=1S/C16H16FNO4/c1-4-8-12-9(18-3)6-11-13(10(19)5-7(2)21-11)15(12)22-16(20)14(8)17/h6-7,18H,4-5H2,1-3H3. The second-order valence-corrected chi connectivity index (χ2v) is 5.34. The van der Waals surface area contributed by atoms with Crippen molar-refractivity contribution in [2.75, 3.05) is 12.4 Å². The first kappa shape index (κ1) is 14.6. The van der Waals surface area contributed by atoms with Crippen molar-refractivity contribution in [3.8, 4) is 5.75 Å². The Kier molecular flexibility index (Phi) is 3.39. The number of ether oxygens (including phenoxy) is 1. The number of nitrogens with one attached hydrogen (secondary N) is 1. The zero-order chi connectivity index (χ0) is 16.0. The number of aryl methyl sites for hydroxylation is 1. The molecule has 1 aliphatic rings. The number of Topliss-reactive ketones (excluding diaryl/α,β-unsaturated/α-hetero) is 1. The van der Waals surface area contributed by atoms with Gasteiger partial charge in [-0.25, -0.2) is 4.79 Å². The summed E-state index contributed by atoms with van der Waals surface area (Å²) in [6.07, 6.45) is 0.260. The number of ketones is 1. The van der Waals surface area contributed by atoms with Crippen molar-refractivity contribution in [2.24, 2.45) is 0 Å². The summed E-state index contributed by atoms with van der Waals surface area (Å²) in [5.41, 5.74) is 0.0621. The van der Waals surface area contributed by atoms with Crippen molar-refractivity contribution >= 4 is 22.4 Å². The van der Waals surface area contributed by atoms with Crippen LogP contribution < -0.4 is 15.7 Å². The minimum absolute atomic E-state index is 0.0991. The van der Waals surface area contributed by atoms with Gasteiger partial charge in [-0.3, -0.25) is 4.79 Å². The molecule has 0 spiro atoms. The molecule has 0 aliphatic carbocycles. The first-order chi connectivity index (χ1) is 10.5. The van der Waals surface area contributed by atoms with Gasteiger partial charge in [0.25, 0.3) is 0 Å².